The van der Waals surface area contributed by atoms with E-state index in [1.807, 2.05) is 0 Å². The molecule has 0 aromatic heterocycles. The molecular weight excluding hydrogens is 313 g/mol. The summed E-state index contributed by atoms with van der Waals surface area (Å²) < 4.78 is 24.5. The number of ether oxygens (including phenoxy) is 2. The van der Waals surface area contributed by atoms with E-state index in [0.29, 0.717) is 12.4 Å². The van der Waals surface area contributed by atoms with E-state index < -0.39 is 5.82 Å². The Morgan fingerprint density at radius 2 is 2.16 bits per heavy atom. The lowest BCUT2D eigenvalue weighted by atomic mass is 9.83. The van der Waals surface area contributed by atoms with E-state index in [0.717, 1.165) is 31.4 Å². The van der Waals surface area contributed by atoms with Gasteiger partial charge in [0.2, 0.25) is 0 Å². The van der Waals surface area contributed by atoms with Gasteiger partial charge < -0.3 is 9.47 Å². The van der Waals surface area contributed by atoms with Crippen molar-refractivity contribution in [3.8, 4) is 11.8 Å². The van der Waals surface area contributed by atoms with Crippen molar-refractivity contribution in [3.63, 3.8) is 0 Å². The zero-order chi connectivity index (χ0) is 13.7. The molecule has 0 atom stereocenters. The van der Waals surface area contributed by atoms with Crippen molar-refractivity contribution < 1.29 is 13.9 Å². The van der Waals surface area contributed by atoms with Gasteiger partial charge in [-0.15, -0.1) is 0 Å². The van der Waals surface area contributed by atoms with Crippen LogP contribution in [0.25, 0.3) is 0 Å². The average molecular weight is 328 g/mol. The number of hydrogen-bond donors (Lipinski definition) is 0. The SMILES string of the molecule is N#Cc1ccc(OCC2(CBr)CCOCC2)cc1F. The molecule has 1 saturated heterocycles. The van der Waals surface area contributed by atoms with Crippen molar-refractivity contribution in [2.75, 3.05) is 25.2 Å². The molecule has 102 valence electrons. The van der Waals surface area contributed by atoms with Gasteiger partial charge in [-0.3, -0.25) is 0 Å². The molecule has 1 fully saturated rings. The quantitative estimate of drug-likeness (QED) is 0.797. The Morgan fingerprint density at radius 1 is 1.42 bits per heavy atom. The lowest BCUT2D eigenvalue weighted by molar-refractivity contribution is 0.00349. The highest BCUT2D eigenvalue weighted by Gasteiger charge is 2.32. The maximum Gasteiger partial charge on any atom is 0.144 e. The summed E-state index contributed by atoms with van der Waals surface area (Å²) in [5, 5.41) is 9.51. The van der Waals surface area contributed by atoms with Gasteiger partial charge in [-0.2, -0.15) is 5.26 Å². The minimum atomic E-state index is -0.542. The number of alkyl halides is 1. The lowest BCUT2D eigenvalue weighted by Gasteiger charge is -2.35. The molecule has 19 heavy (non-hydrogen) atoms. The van der Waals surface area contributed by atoms with E-state index in [1.54, 1.807) is 12.1 Å². The Labute approximate surface area is 120 Å². The monoisotopic (exact) mass is 327 g/mol. The maximum absolute atomic E-state index is 13.5. The number of benzene rings is 1. The molecule has 0 N–H and O–H groups in total. The Bertz CT molecular complexity index is 481. The van der Waals surface area contributed by atoms with Crippen molar-refractivity contribution in [3.05, 3.63) is 29.6 Å². The van der Waals surface area contributed by atoms with Gasteiger partial charge in [0.1, 0.15) is 17.6 Å². The summed E-state index contributed by atoms with van der Waals surface area (Å²) in [5.74, 6) is -0.0804. The number of nitriles is 1. The second-order valence-electron chi connectivity index (χ2n) is 4.79. The van der Waals surface area contributed by atoms with Crippen LogP contribution in [-0.4, -0.2) is 25.2 Å². The van der Waals surface area contributed by atoms with E-state index in [9.17, 15) is 4.39 Å². The second-order valence-corrected chi connectivity index (χ2v) is 5.35. The average Bonchev–Trinajstić information content (AvgIpc) is 2.46. The van der Waals surface area contributed by atoms with Crippen LogP contribution >= 0.6 is 15.9 Å². The molecule has 0 unspecified atom stereocenters. The first-order valence-corrected chi connectivity index (χ1v) is 7.27. The number of halogens is 2. The van der Waals surface area contributed by atoms with Gasteiger partial charge >= 0.3 is 0 Å². The summed E-state index contributed by atoms with van der Waals surface area (Å²) in [6, 6.07) is 6.12. The lowest BCUT2D eigenvalue weighted by Crippen LogP contribution is -2.36. The fourth-order valence-electron chi connectivity index (χ4n) is 2.03. The van der Waals surface area contributed by atoms with Crippen LogP contribution in [0.2, 0.25) is 0 Å². The third kappa shape index (κ3) is 3.46. The van der Waals surface area contributed by atoms with Gasteiger partial charge in [0.05, 0.1) is 12.2 Å². The molecule has 1 aromatic carbocycles. The molecule has 0 amide bonds. The molecule has 1 aromatic rings. The summed E-state index contributed by atoms with van der Waals surface area (Å²) in [5.41, 5.74) is 0.0800. The van der Waals surface area contributed by atoms with E-state index >= 15 is 0 Å². The fourth-order valence-corrected chi connectivity index (χ4v) is 2.76. The van der Waals surface area contributed by atoms with Gasteiger partial charge in [0.15, 0.2) is 0 Å². The van der Waals surface area contributed by atoms with Crippen LogP contribution in [0.3, 0.4) is 0 Å². The third-order valence-corrected chi connectivity index (χ3v) is 4.63. The predicted octanol–water partition coefficient (Wildman–Crippen LogP) is 3.27. The van der Waals surface area contributed by atoms with Gasteiger partial charge in [-0.25, -0.2) is 4.39 Å². The molecule has 3 nitrogen and oxygen atoms in total. The molecule has 0 radical (unpaired) electrons. The summed E-state index contributed by atoms with van der Waals surface area (Å²) in [6.45, 7) is 1.99. The van der Waals surface area contributed by atoms with Gasteiger partial charge in [-0.05, 0) is 25.0 Å². The first kappa shape index (κ1) is 14.3. The third-order valence-electron chi connectivity index (χ3n) is 3.44. The molecule has 2 rings (SSSR count). The topological polar surface area (TPSA) is 42.2 Å². The summed E-state index contributed by atoms with van der Waals surface area (Å²) >= 11 is 3.53. The highest BCUT2D eigenvalue weighted by Crippen LogP contribution is 2.33. The molecule has 0 bridgehead atoms. The number of nitrogens with zero attached hydrogens (tertiary/aromatic N) is 1. The van der Waals surface area contributed by atoms with E-state index in [2.05, 4.69) is 15.9 Å². The minimum absolute atomic E-state index is 0.0358. The van der Waals surface area contributed by atoms with Crippen molar-refractivity contribution in [2.45, 2.75) is 12.8 Å². The predicted molar refractivity (Wildman–Crippen MR) is 72.9 cm³/mol. The Kier molecular flexibility index (Phi) is 4.78. The van der Waals surface area contributed by atoms with E-state index in [-0.39, 0.29) is 11.0 Å². The largest absolute Gasteiger partial charge is 0.493 e. The Hall–Kier alpha value is -1.12. The molecule has 0 saturated carbocycles. The van der Waals surface area contributed by atoms with Gasteiger partial charge in [0.25, 0.3) is 0 Å². The van der Waals surface area contributed by atoms with Crippen LogP contribution in [0.1, 0.15) is 18.4 Å². The molecule has 1 aliphatic rings. The summed E-state index contributed by atoms with van der Waals surface area (Å²) in [4.78, 5) is 0. The van der Waals surface area contributed by atoms with Crippen molar-refractivity contribution >= 4 is 15.9 Å². The van der Waals surface area contributed by atoms with Crippen molar-refractivity contribution in [1.29, 1.82) is 5.26 Å². The van der Waals surface area contributed by atoms with Crippen LogP contribution in [-0.2, 0) is 4.74 Å². The van der Waals surface area contributed by atoms with Crippen molar-refractivity contribution in [2.24, 2.45) is 5.41 Å². The Balaban J connectivity index is 2.01. The molecule has 5 heteroatoms. The van der Waals surface area contributed by atoms with Gasteiger partial charge in [-0.1, -0.05) is 15.9 Å². The van der Waals surface area contributed by atoms with Crippen LogP contribution in [0.4, 0.5) is 4.39 Å². The van der Waals surface area contributed by atoms with Gasteiger partial charge in [0, 0.05) is 30.0 Å². The zero-order valence-electron chi connectivity index (χ0n) is 10.5. The van der Waals surface area contributed by atoms with Crippen LogP contribution in [0, 0.1) is 22.6 Å². The number of rotatable bonds is 4. The van der Waals surface area contributed by atoms with E-state index in [1.165, 1.54) is 12.1 Å². The second kappa shape index (κ2) is 6.36. The van der Waals surface area contributed by atoms with Crippen LogP contribution < -0.4 is 4.74 Å². The molecule has 1 aliphatic heterocycles. The molecule has 0 aliphatic carbocycles. The first-order chi connectivity index (χ1) is 9.19. The normalized spacial score (nSPS) is 17.7. The smallest absolute Gasteiger partial charge is 0.144 e. The standard InChI is InChI=1S/C14H15BrFNO2/c15-9-14(3-5-18-6-4-14)10-19-12-2-1-11(8-17)13(16)7-12/h1-2,7H,3-6,9-10H2. The zero-order valence-corrected chi connectivity index (χ0v) is 12.1. The van der Waals surface area contributed by atoms with Crippen LogP contribution in [0.5, 0.6) is 5.75 Å². The van der Waals surface area contributed by atoms with E-state index in [4.69, 9.17) is 14.7 Å². The molecule has 0 spiro atoms. The van der Waals surface area contributed by atoms with Crippen LogP contribution in [0.15, 0.2) is 18.2 Å². The fraction of sp³-hybridized carbons (Fsp3) is 0.500. The Morgan fingerprint density at radius 3 is 2.74 bits per heavy atom. The maximum atomic E-state index is 13.5. The minimum Gasteiger partial charge on any atom is -0.493 e. The summed E-state index contributed by atoms with van der Waals surface area (Å²) in [7, 11) is 0. The van der Waals surface area contributed by atoms with Crippen molar-refractivity contribution in [1.82, 2.24) is 0 Å². The highest BCUT2D eigenvalue weighted by atomic mass is 79.9. The highest BCUT2D eigenvalue weighted by molar-refractivity contribution is 9.09. The number of hydrogen-bond acceptors (Lipinski definition) is 3. The molecular formula is C14H15BrFNO2. The summed E-state index contributed by atoms with van der Waals surface area (Å²) in [6.07, 6.45) is 1.86. The first-order valence-electron chi connectivity index (χ1n) is 6.15. The molecule has 1 heterocycles.